The van der Waals surface area contributed by atoms with Gasteiger partial charge in [-0.1, -0.05) is 32.9 Å². The van der Waals surface area contributed by atoms with E-state index in [2.05, 4.69) is 15.4 Å². The van der Waals surface area contributed by atoms with Gasteiger partial charge in [0.05, 0.1) is 17.0 Å². The first kappa shape index (κ1) is 25.2. The van der Waals surface area contributed by atoms with Crippen LogP contribution in [0.1, 0.15) is 48.7 Å². The van der Waals surface area contributed by atoms with Crippen LogP contribution in [0.2, 0.25) is 0 Å². The molecule has 0 radical (unpaired) electrons. The van der Waals surface area contributed by atoms with Gasteiger partial charge >= 0.3 is 6.03 Å². The zero-order chi connectivity index (χ0) is 25.3. The maximum atomic E-state index is 13.1. The molecule has 10 nitrogen and oxygen atoms in total. The molecular weight excluding hydrogens is 460 g/mol. The van der Waals surface area contributed by atoms with E-state index in [-0.39, 0.29) is 35.7 Å². The average Bonchev–Trinajstić information content (AvgIpc) is 2.74. The fourth-order valence-corrected chi connectivity index (χ4v) is 4.28. The maximum absolute atomic E-state index is 13.1. The number of phenols is 1. The maximum Gasteiger partial charge on any atom is 0.328 e. The molecule has 1 saturated heterocycles. The molecule has 2 aromatic carbocycles. The van der Waals surface area contributed by atoms with E-state index >= 15 is 0 Å². The molecule has 4 N–H and O–H groups in total. The van der Waals surface area contributed by atoms with Gasteiger partial charge in [0, 0.05) is 24.2 Å². The minimum Gasteiger partial charge on any atom is -0.507 e. The summed E-state index contributed by atoms with van der Waals surface area (Å²) in [6, 6.07) is 8.47. The molecule has 1 aliphatic heterocycles. The molecule has 0 unspecified atom stereocenters. The highest BCUT2D eigenvalue weighted by atomic mass is 32.2. The lowest BCUT2D eigenvalue weighted by Crippen LogP contribution is -2.50. The number of sulfonamides is 1. The minimum absolute atomic E-state index is 0.101. The number of hydrogen-bond acceptors (Lipinski definition) is 6. The van der Waals surface area contributed by atoms with Crippen LogP contribution in [0.5, 0.6) is 5.75 Å². The van der Waals surface area contributed by atoms with Crippen molar-refractivity contribution in [3.8, 4) is 5.75 Å². The first-order chi connectivity index (χ1) is 15.8. The van der Waals surface area contributed by atoms with Crippen LogP contribution >= 0.6 is 0 Å². The first-order valence-electron chi connectivity index (χ1n) is 10.6. The summed E-state index contributed by atoms with van der Waals surface area (Å²) in [5.74, 6) is -1.52. The van der Waals surface area contributed by atoms with E-state index in [4.69, 9.17) is 0 Å². The number of phenolic OH excluding ortho intramolecular Hbond substituents is 1. The summed E-state index contributed by atoms with van der Waals surface area (Å²) < 4.78 is 25.7. The number of rotatable bonds is 6. The summed E-state index contributed by atoms with van der Waals surface area (Å²) in [6.45, 7) is 5.74. The zero-order valence-electron chi connectivity index (χ0n) is 19.4. The quantitative estimate of drug-likeness (QED) is 0.491. The van der Waals surface area contributed by atoms with Crippen LogP contribution in [0.15, 0.2) is 36.4 Å². The predicted molar refractivity (Wildman–Crippen MR) is 128 cm³/mol. The first-order valence-corrected chi connectivity index (χ1v) is 12.3. The highest BCUT2D eigenvalue weighted by molar-refractivity contribution is 7.88. The van der Waals surface area contributed by atoms with Crippen molar-refractivity contribution in [3.05, 3.63) is 53.1 Å². The number of carbonyl (C=O) groups excluding carboxylic acids is 3. The number of carbonyl (C=O) groups is 3. The molecule has 0 saturated carbocycles. The van der Waals surface area contributed by atoms with Gasteiger partial charge in [-0.25, -0.2) is 22.8 Å². The molecule has 3 rings (SSSR count). The van der Waals surface area contributed by atoms with Gasteiger partial charge in [-0.15, -0.1) is 0 Å². The van der Waals surface area contributed by atoms with Crippen molar-refractivity contribution in [2.45, 2.75) is 38.4 Å². The summed E-state index contributed by atoms with van der Waals surface area (Å²) in [6.07, 6.45) is 0.120. The average molecular weight is 489 g/mol. The second-order valence-electron chi connectivity index (χ2n) is 8.96. The molecule has 1 aliphatic rings. The molecule has 0 aliphatic carbocycles. The molecule has 182 valence electrons. The van der Waals surface area contributed by atoms with Crippen molar-refractivity contribution < 1.29 is 27.9 Å². The monoisotopic (exact) mass is 488 g/mol. The number of aromatic hydroxyl groups is 1. The molecular formula is C23H28N4O6S. The van der Waals surface area contributed by atoms with Crippen LogP contribution in [-0.2, 0) is 26.0 Å². The van der Waals surface area contributed by atoms with Gasteiger partial charge < -0.3 is 15.7 Å². The van der Waals surface area contributed by atoms with E-state index in [9.17, 15) is 27.9 Å². The van der Waals surface area contributed by atoms with Gasteiger partial charge in [0.25, 0.3) is 5.91 Å². The molecule has 0 bridgehead atoms. The van der Waals surface area contributed by atoms with Crippen molar-refractivity contribution >= 4 is 39.2 Å². The Bertz CT molecular complexity index is 1220. The van der Waals surface area contributed by atoms with Gasteiger partial charge in [0.2, 0.25) is 15.9 Å². The standard InChI is InChI=1S/C23H28N4O6S/c1-23(2,3)18-12-16(27-19(28)9-10-25-22(27)31)11-17(20(18)29)21(30)26-15-7-5-14(6-8-15)13-34(32,33)24-4/h5-8,11-12,24,29H,9-10,13H2,1-4H3,(H,25,31)(H,26,30). The molecule has 11 heteroatoms. The fraction of sp³-hybridized carbons (Fsp3) is 0.348. The largest absolute Gasteiger partial charge is 0.507 e. The third-order valence-corrected chi connectivity index (χ3v) is 6.69. The van der Waals surface area contributed by atoms with E-state index in [0.29, 0.717) is 16.8 Å². The summed E-state index contributed by atoms with van der Waals surface area (Å²) in [7, 11) is -2.10. The third-order valence-electron chi connectivity index (χ3n) is 5.35. The Labute approximate surface area is 198 Å². The number of anilines is 2. The van der Waals surface area contributed by atoms with Crippen molar-refractivity contribution in [1.29, 1.82) is 0 Å². The Morgan fingerprint density at radius 3 is 2.35 bits per heavy atom. The normalized spacial score (nSPS) is 14.6. The number of nitrogens with zero attached hydrogens (tertiary/aromatic N) is 1. The van der Waals surface area contributed by atoms with Crippen molar-refractivity contribution in [2.24, 2.45) is 0 Å². The number of imide groups is 1. The fourth-order valence-electron chi connectivity index (χ4n) is 3.51. The van der Waals surface area contributed by atoms with Gasteiger partial charge in [-0.2, -0.15) is 0 Å². The molecule has 0 aromatic heterocycles. The number of nitrogens with one attached hydrogen (secondary N) is 3. The molecule has 34 heavy (non-hydrogen) atoms. The van der Waals surface area contributed by atoms with Crippen LogP contribution in [0.3, 0.4) is 0 Å². The number of urea groups is 1. The lowest BCUT2D eigenvalue weighted by molar-refractivity contribution is -0.118. The van der Waals surface area contributed by atoms with Crippen molar-refractivity contribution in [3.63, 3.8) is 0 Å². The molecule has 2 aromatic rings. The van der Waals surface area contributed by atoms with Gasteiger partial charge in [0.1, 0.15) is 5.75 Å². The lowest BCUT2D eigenvalue weighted by atomic mass is 9.84. The van der Waals surface area contributed by atoms with Gasteiger partial charge in [-0.3, -0.25) is 9.59 Å². The zero-order valence-corrected chi connectivity index (χ0v) is 20.2. The molecule has 1 heterocycles. The molecule has 0 atom stereocenters. The van der Waals surface area contributed by atoms with Crippen LogP contribution < -0.4 is 20.3 Å². The third kappa shape index (κ3) is 5.54. The summed E-state index contributed by atoms with van der Waals surface area (Å²) >= 11 is 0. The van der Waals surface area contributed by atoms with E-state index in [1.165, 1.54) is 19.2 Å². The van der Waals surface area contributed by atoms with Crippen LogP contribution in [-0.4, -0.2) is 45.0 Å². The Morgan fingerprint density at radius 2 is 1.79 bits per heavy atom. The van der Waals surface area contributed by atoms with E-state index in [0.717, 1.165) is 4.90 Å². The number of benzene rings is 2. The predicted octanol–water partition coefficient (Wildman–Crippen LogP) is 2.44. The lowest BCUT2D eigenvalue weighted by Gasteiger charge is -2.29. The van der Waals surface area contributed by atoms with Crippen LogP contribution in [0, 0.1) is 0 Å². The second-order valence-corrected chi connectivity index (χ2v) is 10.9. The molecule has 4 amide bonds. The molecule has 1 fully saturated rings. The van der Waals surface area contributed by atoms with E-state index in [1.54, 1.807) is 24.3 Å². The van der Waals surface area contributed by atoms with Crippen molar-refractivity contribution in [2.75, 3.05) is 23.8 Å². The van der Waals surface area contributed by atoms with Crippen molar-refractivity contribution in [1.82, 2.24) is 10.0 Å². The Morgan fingerprint density at radius 1 is 1.15 bits per heavy atom. The second kappa shape index (κ2) is 9.43. The van der Waals surface area contributed by atoms with E-state index in [1.807, 2.05) is 20.8 Å². The smallest absolute Gasteiger partial charge is 0.328 e. The van der Waals surface area contributed by atoms with Gasteiger partial charge in [0.15, 0.2) is 0 Å². The topological polar surface area (TPSA) is 145 Å². The van der Waals surface area contributed by atoms with Crippen LogP contribution in [0.4, 0.5) is 16.2 Å². The Hall–Kier alpha value is -3.44. The highest BCUT2D eigenvalue weighted by Crippen LogP contribution is 2.38. The highest BCUT2D eigenvalue weighted by Gasteiger charge is 2.31. The summed E-state index contributed by atoms with van der Waals surface area (Å²) in [5, 5.41) is 16.2. The van der Waals surface area contributed by atoms with E-state index < -0.39 is 33.3 Å². The summed E-state index contributed by atoms with van der Waals surface area (Å²) in [5.41, 5.74) is 0.795. The van der Waals surface area contributed by atoms with Gasteiger partial charge in [-0.05, 0) is 42.3 Å². The minimum atomic E-state index is -3.44. The molecule has 0 spiro atoms. The summed E-state index contributed by atoms with van der Waals surface area (Å²) in [4.78, 5) is 38.8. The van der Waals surface area contributed by atoms with Crippen LogP contribution in [0.25, 0.3) is 0 Å². The number of amides is 4. The Kier molecular flexibility index (Phi) is 6.99. The number of hydrogen-bond donors (Lipinski definition) is 4. The Balaban J connectivity index is 1.95. The SMILES string of the molecule is CNS(=O)(=O)Cc1ccc(NC(=O)c2cc(N3C(=O)CCNC3=O)cc(C(C)(C)C)c2O)cc1.